The molecule has 1 aromatic heterocycles. The molecule has 0 unspecified atom stereocenters. The fourth-order valence-electron chi connectivity index (χ4n) is 3.06. The summed E-state index contributed by atoms with van der Waals surface area (Å²) in [5.41, 5.74) is 1.97. The van der Waals surface area contributed by atoms with Crippen LogP contribution in [0, 0.1) is 24.2 Å². The van der Waals surface area contributed by atoms with Gasteiger partial charge in [0.2, 0.25) is 5.91 Å². The molecule has 1 saturated carbocycles. The van der Waals surface area contributed by atoms with Crippen molar-refractivity contribution in [2.75, 3.05) is 5.32 Å². The van der Waals surface area contributed by atoms with Gasteiger partial charge >= 0.3 is 5.97 Å². The largest absolute Gasteiger partial charge is 0.481 e. The summed E-state index contributed by atoms with van der Waals surface area (Å²) in [5.74, 6) is -2.27. The number of carbonyl (C=O) groups excluding carboxylic acids is 1. The minimum atomic E-state index is -0.917. The summed E-state index contributed by atoms with van der Waals surface area (Å²) in [6.45, 7) is 5.53. The normalized spacial score (nSPS) is 21.7. The highest BCUT2D eigenvalue weighted by Gasteiger charge is 2.65. The number of carbonyl (C=O) groups is 2. The molecule has 0 spiro atoms. The van der Waals surface area contributed by atoms with E-state index in [9.17, 15) is 9.59 Å². The summed E-state index contributed by atoms with van der Waals surface area (Å²) < 4.78 is 1.76. The number of carboxylic acid groups (broad SMARTS) is 1. The number of aromatic nitrogens is 2. The highest BCUT2D eigenvalue weighted by atomic mass is 16.4. The minimum absolute atomic E-state index is 0.245. The number of carboxylic acids is 1. The van der Waals surface area contributed by atoms with Crippen molar-refractivity contribution in [3.05, 3.63) is 42.2 Å². The molecule has 2 atom stereocenters. The van der Waals surface area contributed by atoms with Crippen molar-refractivity contribution < 1.29 is 14.7 Å². The molecule has 6 nitrogen and oxygen atoms in total. The van der Waals surface area contributed by atoms with Gasteiger partial charge < -0.3 is 10.4 Å². The molecule has 0 bridgehead atoms. The number of aryl methyl sites for hydroxylation is 1. The predicted octanol–water partition coefficient (Wildman–Crippen LogP) is 2.48. The summed E-state index contributed by atoms with van der Waals surface area (Å²) in [7, 11) is 0. The average Bonchev–Trinajstić information content (AvgIpc) is 2.83. The maximum atomic E-state index is 12.3. The highest BCUT2D eigenvalue weighted by Crippen LogP contribution is 2.58. The van der Waals surface area contributed by atoms with Crippen molar-refractivity contribution in [2.45, 2.75) is 20.8 Å². The van der Waals surface area contributed by atoms with Crippen LogP contribution in [-0.4, -0.2) is 26.8 Å². The van der Waals surface area contributed by atoms with Gasteiger partial charge in [0.1, 0.15) is 0 Å². The van der Waals surface area contributed by atoms with Gasteiger partial charge in [-0.1, -0.05) is 13.8 Å². The van der Waals surface area contributed by atoms with Crippen LogP contribution in [0.3, 0.4) is 0 Å². The number of nitrogens with one attached hydrogen (secondary N) is 1. The third kappa shape index (κ3) is 2.72. The van der Waals surface area contributed by atoms with Crippen molar-refractivity contribution in [2.24, 2.45) is 17.3 Å². The molecule has 2 aromatic rings. The fourth-order valence-corrected chi connectivity index (χ4v) is 3.06. The third-order valence-electron chi connectivity index (χ3n) is 4.50. The van der Waals surface area contributed by atoms with Gasteiger partial charge in [0.15, 0.2) is 0 Å². The van der Waals surface area contributed by atoms with Crippen molar-refractivity contribution in [3.8, 4) is 5.69 Å². The number of amides is 1. The molecule has 120 valence electrons. The standard InChI is InChI=1S/C17H19N3O3/c1-10-8-9-20(19-10)12-6-4-11(5-7-12)18-15(21)13-14(16(22)23)17(13,2)3/h4-9,13-14H,1-3H3,(H,18,21)(H,22,23)/t13-,14+/m0/s1. The predicted molar refractivity (Wildman–Crippen MR) is 85.3 cm³/mol. The molecule has 1 fully saturated rings. The molecule has 6 heteroatoms. The zero-order valence-electron chi connectivity index (χ0n) is 13.3. The summed E-state index contributed by atoms with van der Waals surface area (Å²) in [6.07, 6.45) is 1.87. The second-order valence-corrected chi connectivity index (χ2v) is 6.55. The second-order valence-electron chi connectivity index (χ2n) is 6.55. The van der Waals surface area contributed by atoms with Gasteiger partial charge in [-0.25, -0.2) is 4.68 Å². The first kappa shape index (κ1) is 15.3. The molecule has 1 aromatic carbocycles. The average molecular weight is 313 g/mol. The lowest BCUT2D eigenvalue weighted by atomic mass is 10.1. The van der Waals surface area contributed by atoms with E-state index in [-0.39, 0.29) is 5.91 Å². The molecule has 1 aliphatic rings. The van der Waals surface area contributed by atoms with Crippen LogP contribution >= 0.6 is 0 Å². The first-order valence-electron chi connectivity index (χ1n) is 7.47. The maximum Gasteiger partial charge on any atom is 0.307 e. The van der Waals surface area contributed by atoms with Gasteiger partial charge in [-0.2, -0.15) is 5.10 Å². The van der Waals surface area contributed by atoms with Crippen LogP contribution in [-0.2, 0) is 9.59 Å². The quantitative estimate of drug-likeness (QED) is 0.908. The Bertz CT molecular complexity index is 762. The van der Waals surface area contributed by atoms with Gasteiger partial charge in [0.05, 0.1) is 23.2 Å². The summed E-state index contributed by atoms with van der Waals surface area (Å²) >= 11 is 0. The van der Waals surface area contributed by atoms with E-state index in [2.05, 4.69) is 10.4 Å². The zero-order valence-corrected chi connectivity index (χ0v) is 13.3. The number of nitrogens with zero attached hydrogens (tertiary/aromatic N) is 2. The summed E-state index contributed by atoms with van der Waals surface area (Å²) in [6, 6.07) is 9.20. The molecule has 1 amide bonds. The smallest absolute Gasteiger partial charge is 0.307 e. The Labute approximate surface area is 134 Å². The van der Waals surface area contributed by atoms with Crippen LogP contribution in [0.4, 0.5) is 5.69 Å². The van der Waals surface area contributed by atoms with E-state index in [1.807, 2.05) is 31.3 Å². The zero-order chi connectivity index (χ0) is 16.8. The van der Waals surface area contributed by atoms with E-state index in [1.165, 1.54) is 0 Å². The Hall–Kier alpha value is -2.63. The van der Waals surface area contributed by atoms with Crippen molar-refractivity contribution in [1.29, 1.82) is 0 Å². The number of hydrogen-bond acceptors (Lipinski definition) is 3. The van der Waals surface area contributed by atoms with Gasteiger partial charge in [0.25, 0.3) is 0 Å². The van der Waals surface area contributed by atoms with Crippen LogP contribution < -0.4 is 5.32 Å². The first-order valence-corrected chi connectivity index (χ1v) is 7.47. The number of aliphatic carboxylic acids is 1. The fraction of sp³-hybridized carbons (Fsp3) is 0.353. The van der Waals surface area contributed by atoms with Crippen LogP contribution in [0.15, 0.2) is 36.5 Å². The van der Waals surface area contributed by atoms with Crippen LogP contribution in [0.1, 0.15) is 19.5 Å². The molecular weight excluding hydrogens is 294 g/mol. The summed E-state index contributed by atoms with van der Waals surface area (Å²) in [4.78, 5) is 23.4. The Balaban J connectivity index is 1.69. The lowest BCUT2D eigenvalue weighted by Gasteiger charge is -2.07. The van der Waals surface area contributed by atoms with Gasteiger partial charge in [0, 0.05) is 11.9 Å². The maximum absolute atomic E-state index is 12.3. The van der Waals surface area contributed by atoms with E-state index in [4.69, 9.17) is 5.11 Å². The third-order valence-corrected chi connectivity index (χ3v) is 4.50. The summed E-state index contributed by atoms with van der Waals surface area (Å²) in [5, 5.41) is 16.3. The van der Waals surface area contributed by atoms with E-state index in [1.54, 1.807) is 30.7 Å². The Morgan fingerprint density at radius 3 is 2.30 bits per heavy atom. The lowest BCUT2D eigenvalue weighted by molar-refractivity contribution is -0.140. The second kappa shape index (κ2) is 5.22. The lowest BCUT2D eigenvalue weighted by Crippen LogP contribution is -2.17. The first-order chi connectivity index (χ1) is 10.8. The van der Waals surface area contributed by atoms with E-state index in [0.29, 0.717) is 5.69 Å². The molecule has 1 aliphatic carbocycles. The van der Waals surface area contributed by atoms with E-state index in [0.717, 1.165) is 11.4 Å². The number of benzene rings is 1. The Kier molecular flexibility index (Phi) is 3.47. The number of anilines is 1. The molecule has 1 heterocycles. The van der Waals surface area contributed by atoms with Gasteiger partial charge in [-0.3, -0.25) is 9.59 Å². The molecule has 3 rings (SSSR count). The topological polar surface area (TPSA) is 84.2 Å². The Morgan fingerprint density at radius 1 is 1.17 bits per heavy atom. The van der Waals surface area contributed by atoms with E-state index < -0.39 is 23.2 Å². The monoisotopic (exact) mass is 313 g/mol. The highest BCUT2D eigenvalue weighted by molar-refractivity contribution is 5.99. The minimum Gasteiger partial charge on any atom is -0.481 e. The van der Waals surface area contributed by atoms with Crippen LogP contribution in [0.25, 0.3) is 5.69 Å². The van der Waals surface area contributed by atoms with Crippen LogP contribution in [0.2, 0.25) is 0 Å². The molecular formula is C17H19N3O3. The van der Waals surface area contributed by atoms with Crippen molar-refractivity contribution in [1.82, 2.24) is 9.78 Å². The molecule has 2 N–H and O–H groups in total. The molecule has 23 heavy (non-hydrogen) atoms. The number of rotatable bonds is 4. The number of hydrogen-bond donors (Lipinski definition) is 2. The Morgan fingerprint density at radius 2 is 1.83 bits per heavy atom. The molecule has 0 saturated heterocycles. The van der Waals surface area contributed by atoms with Crippen molar-refractivity contribution in [3.63, 3.8) is 0 Å². The van der Waals surface area contributed by atoms with E-state index >= 15 is 0 Å². The van der Waals surface area contributed by atoms with Crippen LogP contribution in [0.5, 0.6) is 0 Å². The SMILES string of the molecule is Cc1ccn(-c2ccc(NC(=O)[C@@H]3[C@H](C(=O)O)C3(C)C)cc2)n1. The van der Waals surface area contributed by atoms with Crippen molar-refractivity contribution >= 4 is 17.6 Å². The van der Waals surface area contributed by atoms with Gasteiger partial charge in [-0.15, -0.1) is 0 Å². The molecule has 0 aliphatic heterocycles. The molecule has 0 radical (unpaired) electrons. The van der Waals surface area contributed by atoms with Gasteiger partial charge in [-0.05, 0) is 42.7 Å².